The van der Waals surface area contributed by atoms with E-state index in [4.69, 9.17) is 23.7 Å². The third-order valence-corrected chi connectivity index (χ3v) is 10.4. The van der Waals surface area contributed by atoms with E-state index in [1.54, 1.807) is 20.8 Å². The zero-order valence-electron chi connectivity index (χ0n) is 36.5. The van der Waals surface area contributed by atoms with Crippen LogP contribution in [-0.2, 0) is 52.7 Å². The smallest absolute Gasteiger partial charge is 0.407 e. The Balaban J connectivity index is 1.35. The second-order valence-corrected chi connectivity index (χ2v) is 17.3. The Morgan fingerprint density at radius 3 is 2.17 bits per heavy atom. The van der Waals surface area contributed by atoms with Crippen LogP contribution in [0.3, 0.4) is 0 Å². The zero-order valence-corrected chi connectivity index (χ0v) is 36.5. The lowest BCUT2D eigenvalue weighted by atomic mass is 9.83. The molecule has 4 atom stereocenters. The van der Waals surface area contributed by atoms with Crippen molar-refractivity contribution in [1.29, 1.82) is 0 Å². The molecule has 0 aromatic heterocycles. The fourth-order valence-corrected chi connectivity index (χ4v) is 7.01. The molecule has 16 nitrogen and oxygen atoms in total. The Kier molecular flexibility index (Phi) is 17.6. The average Bonchev–Trinajstić information content (AvgIpc) is 3.19. The molecule has 1 aliphatic carbocycles. The van der Waals surface area contributed by atoms with Crippen LogP contribution in [0.15, 0.2) is 42.5 Å². The van der Waals surface area contributed by atoms with Crippen molar-refractivity contribution in [2.24, 2.45) is 5.41 Å². The first-order chi connectivity index (χ1) is 28.4. The number of likely N-dealkylation sites (N-methyl/N-ethyl adjacent to an activating group) is 1. The molecular weight excluding hydrogens is 775 g/mol. The fourth-order valence-electron chi connectivity index (χ4n) is 7.01. The standard InChI is InChI=1S/C44H65N5O11/c1-29(48(8)42(54)55)38(50)47-37(43(2,3)4)40(52)49-28-32-26-33(59-25-24-58-23-22-57-21-20-56-19-18-45-41(53)60-44(5,6)7)17-16-31(32)27-36(49)39(51)46-35-15-11-13-30-12-9-10-14-34(30)35/h9-10,12,14,16-17,26,29,35-37H,11,13,15,18-25,27-28H2,1-8H3,(H,45,53)(H,46,51)(H,47,50)(H,54,55)/t29-,35+,36-,37+/m0/s1. The predicted octanol–water partition coefficient (Wildman–Crippen LogP) is 4.62. The van der Waals surface area contributed by atoms with E-state index in [0.717, 1.165) is 40.9 Å². The molecule has 4 rings (SSSR count). The first-order valence-corrected chi connectivity index (χ1v) is 20.7. The molecule has 5 amide bonds. The van der Waals surface area contributed by atoms with E-state index in [1.165, 1.54) is 24.4 Å². The minimum absolute atomic E-state index is 0.0928. The maximum absolute atomic E-state index is 14.7. The van der Waals surface area contributed by atoms with E-state index < -0.39 is 53.1 Å². The summed E-state index contributed by atoms with van der Waals surface area (Å²) in [4.78, 5) is 68.0. The molecule has 1 heterocycles. The number of hydrogen-bond donors (Lipinski definition) is 4. The summed E-state index contributed by atoms with van der Waals surface area (Å²) in [5.74, 6) is -0.771. The van der Waals surface area contributed by atoms with Crippen molar-refractivity contribution in [3.8, 4) is 5.75 Å². The molecule has 2 aromatic rings. The van der Waals surface area contributed by atoms with Gasteiger partial charge >= 0.3 is 12.2 Å². The second kappa shape index (κ2) is 22.1. The van der Waals surface area contributed by atoms with Gasteiger partial charge in [0.15, 0.2) is 0 Å². The molecule has 0 saturated heterocycles. The van der Waals surface area contributed by atoms with E-state index in [9.17, 15) is 29.1 Å². The van der Waals surface area contributed by atoms with E-state index in [1.807, 2.05) is 57.2 Å². The number of carbonyl (C=O) groups excluding carboxylic acids is 4. The Morgan fingerprint density at radius 2 is 1.52 bits per heavy atom. The first kappa shape index (κ1) is 47.7. The molecule has 0 saturated carbocycles. The largest absolute Gasteiger partial charge is 0.491 e. The molecule has 2 aliphatic rings. The molecule has 0 fully saturated rings. The number of nitrogens with zero attached hydrogens (tertiary/aromatic N) is 2. The van der Waals surface area contributed by atoms with Crippen LogP contribution in [-0.4, -0.2) is 128 Å². The molecule has 0 unspecified atom stereocenters. The molecule has 0 spiro atoms. The number of amides is 5. The maximum Gasteiger partial charge on any atom is 0.407 e. The Hall–Kier alpha value is -4.93. The van der Waals surface area contributed by atoms with Crippen LogP contribution in [0.25, 0.3) is 0 Å². The number of fused-ring (bicyclic) bond motifs is 2. The van der Waals surface area contributed by atoms with Crippen LogP contribution in [0.1, 0.15) is 89.6 Å². The van der Waals surface area contributed by atoms with E-state index in [-0.39, 0.29) is 31.5 Å². The summed E-state index contributed by atoms with van der Waals surface area (Å²) in [7, 11) is 1.30. The van der Waals surface area contributed by atoms with Gasteiger partial charge in [0.25, 0.3) is 0 Å². The van der Waals surface area contributed by atoms with Crippen LogP contribution in [0.2, 0.25) is 0 Å². The molecule has 4 N–H and O–H groups in total. The number of rotatable bonds is 19. The summed E-state index contributed by atoms with van der Waals surface area (Å²) in [5, 5.41) is 18.2. The zero-order chi connectivity index (χ0) is 44.0. The van der Waals surface area contributed by atoms with Crippen molar-refractivity contribution in [3.05, 3.63) is 64.7 Å². The number of hydrogen-bond acceptors (Lipinski definition) is 10. The minimum atomic E-state index is -1.27. The summed E-state index contributed by atoms with van der Waals surface area (Å²) in [6.07, 6.45) is 1.13. The molecular formula is C44H65N5O11. The monoisotopic (exact) mass is 839 g/mol. The van der Waals surface area contributed by atoms with Crippen molar-refractivity contribution >= 4 is 29.9 Å². The Labute approximate surface area is 353 Å². The molecule has 0 bridgehead atoms. The lowest BCUT2D eigenvalue weighted by Gasteiger charge is -2.42. The summed E-state index contributed by atoms with van der Waals surface area (Å²) in [6.45, 7) is 15.1. The van der Waals surface area contributed by atoms with Crippen molar-refractivity contribution in [2.75, 3.05) is 59.8 Å². The van der Waals surface area contributed by atoms with Crippen molar-refractivity contribution in [2.45, 2.75) is 110 Å². The van der Waals surface area contributed by atoms with Crippen molar-refractivity contribution in [3.63, 3.8) is 0 Å². The highest BCUT2D eigenvalue weighted by atomic mass is 16.6. The van der Waals surface area contributed by atoms with Gasteiger partial charge in [-0.05, 0) is 86.8 Å². The second-order valence-electron chi connectivity index (χ2n) is 17.3. The summed E-state index contributed by atoms with van der Waals surface area (Å²) in [6, 6.07) is 10.5. The van der Waals surface area contributed by atoms with Crippen LogP contribution < -0.4 is 20.7 Å². The van der Waals surface area contributed by atoms with Crippen molar-refractivity contribution in [1.82, 2.24) is 25.8 Å². The molecule has 16 heteroatoms. The van der Waals surface area contributed by atoms with Gasteiger partial charge in [0, 0.05) is 26.6 Å². The fraction of sp³-hybridized carbons (Fsp3) is 0.614. The maximum atomic E-state index is 14.7. The van der Waals surface area contributed by atoms with Gasteiger partial charge in [-0.3, -0.25) is 19.3 Å². The van der Waals surface area contributed by atoms with Crippen LogP contribution >= 0.6 is 0 Å². The Bertz CT molecular complexity index is 1780. The third-order valence-electron chi connectivity index (χ3n) is 10.4. The van der Waals surface area contributed by atoms with Crippen molar-refractivity contribution < 1.29 is 52.8 Å². The van der Waals surface area contributed by atoms with Gasteiger partial charge in [0.2, 0.25) is 17.7 Å². The van der Waals surface area contributed by atoms with Crippen LogP contribution in [0.4, 0.5) is 9.59 Å². The number of alkyl carbamates (subject to hydrolysis) is 1. The first-order valence-electron chi connectivity index (χ1n) is 20.7. The average molecular weight is 840 g/mol. The van der Waals surface area contributed by atoms with Gasteiger partial charge in [-0.25, -0.2) is 9.59 Å². The van der Waals surface area contributed by atoms with E-state index in [0.29, 0.717) is 51.9 Å². The number of nitrogens with one attached hydrogen (secondary N) is 3. The van der Waals surface area contributed by atoms with Crippen LogP contribution in [0.5, 0.6) is 5.75 Å². The third kappa shape index (κ3) is 14.4. The number of aryl methyl sites for hydroxylation is 1. The van der Waals surface area contributed by atoms with E-state index >= 15 is 0 Å². The SMILES string of the molecule is C[C@@H](C(=O)N[C@H](C(=O)N1Cc2cc(OCCOCCOCCOCCNC(=O)OC(C)(C)C)ccc2C[C@H]1C(=O)N[C@@H]1CCCc2ccccc21)C(C)(C)C)N(C)C(=O)O. The quantitative estimate of drug-likeness (QED) is 0.144. The van der Waals surface area contributed by atoms with Gasteiger partial charge in [0.05, 0.1) is 45.7 Å². The number of carboxylic acid groups (broad SMARTS) is 1. The van der Waals surface area contributed by atoms with E-state index in [2.05, 4.69) is 22.0 Å². The lowest BCUT2D eigenvalue weighted by molar-refractivity contribution is -0.147. The number of ether oxygens (including phenoxy) is 5. The van der Waals surface area contributed by atoms with Crippen LogP contribution in [0, 0.1) is 5.41 Å². The number of carbonyl (C=O) groups is 5. The predicted molar refractivity (Wildman–Crippen MR) is 224 cm³/mol. The minimum Gasteiger partial charge on any atom is -0.491 e. The van der Waals surface area contributed by atoms with Gasteiger partial charge < -0.3 is 49.6 Å². The Morgan fingerprint density at radius 1 is 0.867 bits per heavy atom. The highest BCUT2D eigenvalue weighted by Crippen LogP contribution is 2.33. The topological polar surface area (TPSA) is 194 Å². The molecule has 0 radical (unpaired) electrons. The highest BCUT2D eigenvalue weighted by molar-refractivity contribution is 5.94. The normalized spacial score (nSPS) is 17.3. The van der Waals surface area contributed by atoms with Gasteiger partial charge in [-0.1, -0.05) is 51.1 Å². The molecule has 332 valence electrons. The van der Waals surface area contributed by atoms with Gasteiger partial charge in [-0.15, -0.1) is 0 Å². The summed E-state index contributed by atoms with van der Waals surface area (Å²) >= 11 is 0. The molecule has 60 heavy (non-hydrogen) atoms. The summed E-state index contributed by atoms with van der Waals surface area (Å²) in [5.41, 5.74) is 2.64. The van der Waals surface area contributed by atoms with Gasteiger partial charge in [0.1, 0.15) is 36.1 Å². The summed E-state index contributed by atoms with van der Waals surface area (Å²) < 4.78 is 27.9. The van der Waals surface area contributed by atoms with Gasteiger partial charge in [-0.2, -0.15) is 0 Å². The molecule has 1 aliphatic heterocycles. The number of benzene rings is 2. The highest BCUT2D eigenvalue weighted by Gasteiger charge is 2.43. The lowest BCUT2D eigenvalue weighted by Crippen LogP contribution is -2.62. The molecule has 2 aromatic carbocycles.